The van der Waals surface area contributed by atoms with E-state index in [4.69, 9.17) is 9.47 Å². The molecule has 2 aromatic rings. The smallest absolute Gasteiger partial charge is 0.330 e. The number of thiazole rings is 1. The molecule has 158 valence electrons. The van der Waals surface area contributed by atoms with Gasteiger partial charge in [-0.3, -0.25) is 14.3 Å². The lowest BCUT2D eigenvalue weighted by molar-refractivity contribution is -0.0194. The van der Waals surface area contributed by atoms with Crippen LogP contribution in [0.5, 0.6) is 0 Å². The van der Waals surface area contributed by atoms with Crippen LogP contribution in [0.25, 0.3) is 0 Å². The lowest BCUT2D eigenvalue weighted by atomic mass is 10.2. The second-order valence-electron chi connectivity index (χ2n) is 7.25. The van der Waals surface area contributed by atoms with E-state index < -0.39 is 29.7 Å². The average molecular weight is 423 g/mol. The highest BCUT2D eigenvalue weighted by Crippen LogP contribution is 2.28. The Balaban J connectivity index is 1.30. The van der Waals surface area contributed by atoms with Crippen molar-refractivity contribution < 1.29 is 14.6 Å². The second-order valence-corrected chi connectivity index (χ2v) is 8.34. The summed E-state index contributed by atoms with van der Waals surface area (Å²) in [5.74, 6) is 0. The van der Waals surface area contributed by atoms with E-state index in [1.54, 1.807) is 18.3 Å². The first-order valence-electron chi connectivity index (χ1n) is 9.65. The molecule has 4 rings (SSSR count). The monoisotopic (exact) mass is 423 g/mol. The molecular weight excluding hydrogens is 398 g/mol. The molecule has 0 aromatic carbocycles. The van der Waals surface area contributed by atoms with Crippen molar-refractivity contribution in [3.63, 3.8) is 0 Å². The first-order valence-corrected chi connectivity index (χ1v) is 10.5. The van der Waals surface area contributed by atoms with Crippen LogP contribution in [0.3, 0.4) is 0 Å². The van der Waals surface area contributed by atoms with Crippen molar-refractivity contribution in [3.8, 4) is 0 Å². The molecule has 0 radical (unpaired) electrons. The lowest BCUT2D eigenvalue weighted by Crippen LogP contribution is -2.36. The molecule has 2 aromatic heterocycles. The van der Waals surface area contributed by atoms with Crippen molar-refractivity contribution in [2.24, 2.45) is 0 Å². The number of nitrogens with zero attached hydrogens (tertiary/aromatic N) is 3. The number of aryl methyl sites for hydroxylation is 1. The zero-order valence-corrected chi connectivity index (χ0v) is 17.0. The Hall–Kier alpha value is -2.05. The first-order chi connectivity index (χ1) is 14.0. The van der Waals surface area contributed by atoms with Crippen LogP contribution < -0.4 is 21.5 Å². The third-order valence-electron chi connectivity index (χ3n) is 5.13. The Kier molecular flexibility index (Phi) is 6.11. The van der Waals surface area contributed by atoms with Gasteiger partial charge in [-0.25, -0.2) is 9.78 Å². The van der Waals surface area contributed by atoms with Gasteiger partial charge in [-0.15, -0.1) is 11.3 Å². The summed E-state index contributed by atoms with van der Waals surface area (Å²) in [6.45, 7) is 5.85. The third kappa shape index (κ3) is 4.59. The minimum absolute atomic E-state index is 0.291. The number of aliphatic hydroxyl groups is 1. The molecule has 0 unspecified atom stereocenters. The summed E-state index contributed by atoms with van der Waals surface area (Å²) in [5, 5.41) is 14.6. The minimum Gasteiger partial charge on any atom is -0.390 e. The van der Waals surface area contributed by atoms with Crippen molar-refractivity contribution in [3.05, 3.63) is 43.7 Å². The molecule has 10 nitrogen and oxygen atoms in total. The maximum absolute atomic E-state index is 12.0. The molecular formula is C18H25N5O5S. The number of aliphatic hydroxyl groups excluding tert-OH is 1. The Morgan fingerprint density at radius 2 is 2.17 bits per heavy atom. The minimum atomic E-state index is -0.697. The van der Waals surface area contributed by atoms with Crippen LogP contribution in [-0.2, 0) is 16.0 Å². The van der Waals surface area contributed by atoms with Crippen LogP contribution in [0.15, 0.2) is 22.0 Å². The number of aromatic nitrogens is 3. The van der Waals surface area contributed by atoms with Crippen molar-refractivity contribution in [1.29, 1.82) is 0 Å². The number of hydrogen-bond donors (Lipinski definition) is 3. The van der Waals surface area contributed by atoms with Gasteiger partial charge in [0, 0.05) is 55.4 Å². The molecule has 2 fully saturated rings. The fourth-order valence-corrected chi connectivity index (χ4v) is 4.42. The summed E-state index contributed by atoms with van der Waals surface area (Å²) in [6, 6.07) is 0. The summed E-state index contributed by atoms with van der Waals surface area (Å²) in [6.07, 6.45) is 1.89. The highest BCUT2D eigenvalue weighted by Gasteiger charge is 2.35. The maximum Gasteiger partial charge on any atom is 0.330 e. The van der Waals surface area contributed by atoms with E-state index in [0.29, 0.717) is 25.1 Å². The van der Waals surface area contributed by atoms with Gasteiger partial charge < -0.3 is 24.8 Å². The molecule has 2 aliphatic heterocycles. The first kappa shape index (κ1) is 20.2. The number of rotatable bonds is 6. The molecule has 2 aliphatic rings. The van der Waals surface area contributed by atoms with Crippen molar-refractivity contribution >= 4 is 16.5 Å². The Morgan fingerprint density at radius 3 is 2.97 bits per heavy atom. The van der Waals surface area contributed by atoms with E-state index in [9.17, 15) is 14.7 Å². The molecule has 0 spiro atoms. The van der Waals surface area contributed by atoms with Gasteiger partial charge in [-0.2, -0.15) is 0 Å². The van der Waals surface area contributed by atoms with Gasteiger partial charge in [0.25, 0.3) is 5.56 Å². The van der Waals surface area contributed by atoms with E-state index in [0.717, 1.165) is 36.3 Å². The summed E-state index contributed by atoms with van der Waals surface area (Å²) < 4.78 is 12.6. The van der Waals surface area contributed by atoms with Gasteiger partial charge >= 0.3 is 5.69 Å². The molecule has 2 saturated heterocycles. The second kappa shape index (κ2) is 8.76. The molecule has 0 bridgehead atoms. The molecule has 0 amide bonds. The van der Waals surface area contributed by atoms with Gasteiger partial charge in [-0.05, 0) is 6.92 Å². The fraction of sp³-hybridized carbons (Fsp3) is 0.611. The Morgan fingerprint density at radius 1 is 1.38 bits per heavy atom. The Labute approximate surface area is 171 Å². The van der Waals surface area contributed by atoms with Gasteiger partial charge in [0.05, 0.1) is 25.4 Å². The standard InChI is InChI=1S/C18H25N5O5S/c1-11-10-23(17(26)21-16(11)25)15-6-13(24)14(28-15)9-19-7-12-8-20-18(29-12)22-2-4-27-5-3-22/h8,10,13-15,19,24H,2-7,9H2,1H3,(H,21,25,26)/t13-,14+,15+/m0/s1. The lowest BCUT2D eigenvalue weighted by Gasteiger charge is -2.25. The van der Waals surface area contributed by atoms with E-state index >= 15 is 0 Å². The predicted octanol–water partition coefficient (Wildman–Crippen LogP) is -0.424. The molecule has 29 heavy (non-hydrogen) atoms. The maximum atomic E-state index is 12.0. The van der Waals surface area contributed by atoms with E-state index in [1.165, 1.54) is 10.8 Å². The predicted molar refractivity (Wildman–Crippen MR) is 107 cm³/mol. The highest BCUT2D eigenvalue weighted by atomic mass is 32.1. The molecule has 3 atom stereocenters. The van der Waals surface area contributed by atoms with Gasteiger partial charge in [-0.1, -0.05) is 0 Å². The summed E-state index contributed by atoms with van der Waals surface area (Å²) >= 11 is 1.64. The summed E-state index contributed by atoms with van der Waals surface area (Å²) in [4.78, 5) is 33.6. The van der Waals surface area contributed by atoms with Gasteiger partial charge in [0.2, 0.25) is 0 Å². The number of H-pyrrole nitrogens is 1. The molecule has 0 aliphatic carbocycles. The summed E-state index contributed by atoms with van der Waals surface area (Å²) in [5.41, 5.74) is -0.527. The van der Waals surface area contributed by atoms with Crippen molar-refractivity contribution in [2.45, 2.75) is 38.3 Å². The van der Waals surface area contributed by atoms with Crippen molar-refractivity contribution in [2.75, 3.05) is 37.7 Å². The number of morpholine rings is 1. The van der Waals surface area contributed by atoms with Crippen molar-refractivity contribution in [1.82, 2.24) is 19.9 Å². The number of nitrogens with one attached hydrogen (secondary N) is 2. The third-order valence-corrected chi connectivity index (χ3v) is 6.19. The van der Waals surface area contributed by atoms with Crippen LogP contribution >= 0.6 is 11.3 Å². The van der Waals surface area contributed by atoms with E-state index in [-0.39, 0.29) is 0 Å². The zero-order chi connectivity index (χ0) is 20.4. The highest BCUT2D eigenvalue weighted by molar-refractivity contribution is 7.15. The van der Waals surface area contributed by atoms with E-state index in [1.807, 2.05) is 6.20 Å². The topological polar surface area (TPSA) is 122 Å². The zero-order valence-electron chi connectivity index (χ0n) is 16.2. The van der Waals surface area contributed by atoms with Gasteiger partial charge in [0.15, 0.2) is 5.13 Å². The van der Waals surface area contributed by atoms with Crippen LogP contribution in [0.2, 0.25) is 0 Å². The van der Waals surface area contributed by atoms with Crippen LogP contribution in [-0.4, -0.2) is 64.7 Å². The molecule has 4 heterocycles. The number of anilines is 1. The average Bonchev–Trinajstić information content (AvgIpc) is 3.33. The van der Waals surface area contributed by atoms with Crippen LogP contribution in [0.1, 0.15) is 23.1 Å². The normalized spacial score (nSPS) is 24.9. The SMILES string of the molecule is Cc1cn([C@H]2C[C@H](O)[C@@H](CNCc3cnc(N4CCOCC4)s3)O2)c(=O)[nH]c1=O. The molecule has 0 saturated carbocycles. The Bertz CT molecular complexity index is 951. The largest absolute Gasteiger partial charge is 0.390 e. The quantitative estimate of drug-likeness (QED) is 0.573. The molecule has 11 heteroatoms. The fourth-order valence-electron chi connectivity index (χ4n) is 3.49. The van der Waals surface area contributed by atoms with Crippen LogP contribution in [0, 0.1) is 6.92 Å². The van der Waals surface area contributed by atoms with Gasteiger partial charge in [0.1, 0.15) is 6.23 Å². The number of ether oxygens (including phenoxy) is 2. The molecule has 3 N–H and O–H groups in total. The number of hydrogen-bond acceptors (Lipinski definition) is 9. The number of aromatic amines is 1. The van der Waals surface area contributed by atoms with Crippen LogP contribution in [0.4, 0.5) is 5.13 Å². The van der Waals surface area contributed by atoms with E-state index in [2.05, 4.69) is 20.2 Å². The summed E-state index contributed by atoms with van der Waals surface area (Å²) in [7, 11) is 0.